The Labute approximate surface area is 90.8 Å². The van der Waals surface area contributed by atoms with Crippen molar-refractivity contribution in [3.8, 4) is 0 Å². The summed E-state index contributed by atoms with van der Waals surface area (Å²) in [6, 6.07) is 1.91. The second kappa shape index (κ2) is 4.10. The van der Waals surface area contributed by atoms with Gasteiger partial charge in [0.05, 0.1) is 14.9 Å². The van der Waals surface area contributed by atoms with E-state index in [0.29, 0.717) is 0 Å². The van der Waals surface area contributed by atoms with Crippen LogP contribution in [0.2, 0.25) is 0 Å². The van der Waals surface area contributed by atoms with Crippen molar-refractivity contribution in [3.05, 3.63) is 28.0 Å². The Morgan fingerprint density at radius 2 is 1.86 bits per heavy atom. The molecule has 0 atom stereocenters. The smallest absolute Gasteiger partial charge is 0.204 e. The maximum absolute atomic E-state index is 13.2. The molecule has 0 aliphatic heterocycles. The van der Waals surface area contributed by atoms with Crippen LogP contribution in [-0.2, 0) is 6.18 Å². The SMILES string of the molecule is CSc1c(C(F)(F)F)ccc(Br)c1F. The van der Waals surface area contributed by atoms with Gasteiger partial charge in [-0.2, -0.15) is 13.2 Å². The molecule has 0 unspecified atom stereocenters. The van der Waals surface area contributed by atoms with Crippen LogP contribution >= 0.6 is 27.7 Å². The molecule has 0 bridgehead atoms. The van der Waals surface area contributed by atoms with Crippen LogP contribution < -0.4 is 0 Å². The molecule has 0 heterocycles. The predicted octanol–water partition coefficient (Wildman–Crippen LogP) is 4.33. The summed E-state index contributed by atoms with van der Waals surface area (Å²) in [6.07, 6.45) is -3.11. The summed E-state index contributed by atoms with van der Waals surface area (Å²) >= 11 is 3.57. The van der Waals surface area contributed by atoms with Crippen molar-refractivity contribution in [2.24, 2.45) is 0 Å². The van der Waals surface area contributed by atoms with Gasteiger partial charge < -0.3 is 0 Å². The van der Waals surface area contributed by atoms with Crippen LogP contribution in [0.15, 0.2) is 21.5 Å². The standard InChI is InChI=1S/C8H5BrF4S/c1-14-7-4(8(11,12)13)2-3-5(9)6(7)10/h2-3H,1H3. The van der Waals surface area contributed by atoms with Gasteiger partial charge >= 0.3 is 6.18 Å². The molecule has 0 nitrogen and oxygen atoms in total. The van der Waals surface area contributed by atoms with E-state index in [2.05, 4.69) is 15.9 Å². The second-order valence-corrected chi connectivity index (χ2v) is 4.11. The Balaban J connectivity index is 3.39. The predicted molar refractivity (Wildman–Crippen MR) is 50.9 cm³/mol. The van der Waals surface area contributed by atoms with Crippen molar-refractivity contribution in [2.45, 2.75) is 11.1 Å². The third kappa shape index (κ3) is 2.23. The van der Waals surface area contributed by atoms with E-state index >= 15 is 0 Å². The molecule has 0 fully saturated rings. The van der Waals surface area contributed by atoms with Gasteiger partial charge in [-0.25, -0.2) is 4.39 Å². The molecule has 14 heavy (non-hydrogen) atoms. The van der Waals surface area contributed by atoms with E-state index in [1.165, 1.54) is 6.26 Å². The molecule has 0 spiro atoms. The number of thioether (sulfide) groups is 1. The average molecular weight is 289 g/mol. The zero-order valence-electron chi connectivity index (χ0n) is 6.95. The Kier molecular flexibility index (Phi) is 3.47. The maximum atomic E-state index is 13.2. The highest BCUT2D eigenvalue weighted by atomic mass is 79.9. The minimum atomic E-state index is -4.51. The minimum Gasteiger partial charge on any atom is -0.204 e. The largest absolute Gasteiger partial charge is 0.417 e. The summed E-state index contributed by atoms with van der Waals surface area (Å²) < 4.78 is 50.3. The summed E-state index contributed by atoms with van der Waals surface area (Å²) in [5, 5.41) is 0. The fraction of sp³-hybridized carbons (Fsp3) is 0.250. The molecule has 0 radical (unpaired) electrons. The van der Waals surface area contributed by atoms with Gasteiger partial charge in [0.25, 0.3) is 0 Å². The molecule has 6 heteroatoms. The fourth-order valence-electron chi connectivity index (χ4n) is 0.955. The Bertz CT molecular complexity index is 348. The number of benzene rings is 1. The molecule has 0 aromatic heterocycles. The molecular formula is C8H5BrF4S. The highest BCUT2D eigenvalue weighted by Crippen LogP contribution is 2.39. The van der Waals surface area contributed by atoms with Crippen LogP contribution in [0, 0.1) is 5.82 Å². The van der Waals surface area contributed by atoms with Gasteiger partial charge in [0.2, 0.25) is 0 Å². The number of hydrogen-bond acceptors (Lipinski definition) is 1. The first-order valence-corrected chi connectivity index (χ1v) is 5.49. The topological polar surface area (TPSA) is 0 Å². The van der Waals surface area contributed by atoms with Gasteiger partial charge in [-0.05, 0) is 34.3 Å². The molecule has 1 aromatic carbocycles. The summed E-state index contributed by atoms with van der Waals surface area (Å²) in [5.41, 5.74) is -0.939. The Morgan fingerprint density at radius 1 is 1.29 bits per heavy atom. The Hall–Kier alpha value is -0.230. The molecule has 1 aromatic rings. The van der Waals surface area contributed by atoms with Crippen LogP contribution in [0.4, 0.5) is 17.6 Å². The van der Waals surface area contributed by atoms with E-state index in [0.717, 1.165) is 23.9 Å². The van der Waals surface area contributed by atoms with Crippen LogP contribution in [0.1, 0.15) is 5.56 Å². The number of alkyl halides is 3. The Morgan fingerprint density at radius 3 is 2.29 bits per heavy atom. The molecule has 78 valence electrons. The highest BCUT2D eigenvalue weighted by molar-refractivity contribution is 9.10. The summed E-state index contributed by atoms with van der Waals surface area (Å²) in [7, 11) is 0. The van der Waals surface area contributed by atoms with Crippen LogP contribution in [0.5, 0.6) is 0 Å². The van der Waals surface area contributed by atoms with Crippen LogP contribution in [0.25, 0.3) is 0 Å². The van der Waals surface area contributed by atoms with E-state index in [-0.39, 0.29) is 9.37 Å². The fourth-order valence-corrected chi connectivity index (χ4v) is 2.11. The van der Waals surface area contributed by atoms with Crippen molar-refractivity contribution in [1.82, 2.24) is 0 Å². The molecular weight excluding hydrogens is 284 g/mol. The lowest BCUT2D eigenvalue weighted by atomic mass is 10.2. The molecule has 1 rings (SSSR count). The van der Waals surface area contributed by atoms with Crippen molar-refractivity contribution < 1.29 is 17.6 Å². The van der Waals surface area contributed by atoms with Crippen LogP contribution in [0.3, 0.4) is 0 Å². The summed E-state index contributed by atoms with van der Waals surface area (Å²) in [5.74, 6) is -0.868. The average Bonchev–Trinajstić information content (AvgIpc) is 2.07. The van der Waals surface area contributed by atoms with E-state index in [1.807, 2.05) is 0 Å². The van der Waals surface area contributed by atoms with E-state index in [9.17, 15) is 17.6 Å². The lowest BCUT2D eigenvalue weighted by Crippen LogP contribution is -2.08. The van der Waals surface area contributed by atoms with Gasteiger partial charge in [0, 0.05) is 0 Å². The molecule has 0 saturated heterocycles. The van der Waals surface area contributed by atoms with E-state index in [4.69, 9.17) is 0 Å². The van der Waals surface area contributed by atoms with Crippen molar-refractivity contribution in [3.63, 3.8) is 0 Å². The quantitative estimate of drug-likeness (QED) is 0.548. The van der Waals surface area contributed by atoms with Gasteiger partial charge in [-0.1, -0.05) is 0 Å². The van der Waals surface area contributed by atoms with Gasteiger partial charge in [-0.15, -0.1) is 11.8 Å². The molecule has 0 aliphatic carbocycles. The summed E-state index contributed by atoms with van der Waals surface area (Å²) in [6.45, 7) is 0. The molecule has 0 amide bonds. The number of rotatable bonds is 1. The zero-order chi connectivity index (χ0) is 10.9. The lowest BCUT2D eigenvalue weighted by molar-refractivity contribution is -0.140. The van der Waals surface area contributed by atoms with Gasteiger partial charge in [0.1, 0.15) is 0 Å². The monoisotopic (exact) mass is 288 g/mol. The molecule has 0 N–H and O–H groups in total. The lowest BCUT2D eigenvalue weighted by Gasteiger charge is -2.12. The first kappa shape index (κ1) is 11.8. The normalized spacial score (nSPS) is 11.9. The van der Waals surface area contributed by atoms with E-state index < -0.39 is 17.6 Å². The van der Waals surface area contributed by atoms with Gasteiger partial charge in [0.15, 0.2) is 5.82 Å². The molecule has 0 aliphatic rings. The van der Waals surface area contributed by atoms with Crippen molar-refractivity contribution in [1.29, 1.82) is 0 Å². The van der Waals surface area contributed by atoms with Gasteiger partial charge in [-0.3, -0.25) is 0 Å². The second-order valence-electron chi connectivity index (χ2n) is 2.44. The number of hydrogen-bond donors (Lipinski definition) is 0. The van der Waals surface area contributed by atoms with Crippen molar-refractivity contribution >= 4 is 27.7 Å². The summed E-state index contributed by atoms with van der Waals surface area (Å²) in [4.78, 5) is -0.383. The minimum absolute atomic E-state index is 0.0369. The van der Waals surface area contributed by atoms with Crippen LogP contribution in [-0.4, -0.2) is 6.26 Å². The maximum Gasteiger partial charge on any atom is 0.417 e. The van der Waals surface area contributed by atoms with E-state index in [1.54, 1.807) is 0 Å². The first-order chi connectivity index (χ1) is 6.38. The third-order valence-electron chi connectivity index (χ3n) is 1.56. The third-order valence-corrected chi connectivity index (χ3v) is 2.98. The number of halogens is 5. The van der Waals surface area contributed by atoms with Crippen molar-refractivity contribution in [2.75, 3.05) is 6.26 Å². The zero-order valence-corrected chi connectivity index (χ0v) is 9.36. The first-order valence-electron chi connectivity index (χ1n) is 3.47. The molecule has 0 saturated carbocycles. The highest BCUT2D eigenvalue weighted by Gasteiger charge is 2.34.